The summed E-state index contributed by atoms with van der Waals surface area (Å²) in [6, 6.07) is 7.84. The molecule has 0 radical (unpaired) electrons. The van der Waals surface area contributed by atoms with E-state index in [1.165, 1.54) is 0 Å². The average Bonchev–Trinajstić information content (AvgIpc) is 2.83. The van der Waals surface area contributed by atoms with E-state index in [2.05, 4.69) is 29.8 Å². The molecule has 2 fully saturated rings. The molecule has 3 rings (SSSR count). The average molecular weight is 389 g/mol. The second kappa shape index (κ2) is 8.92. The number of primary amides is 1. The molecular weight excluding hydrogens is 356 g/mol. The van der Waals surface area contributed by atoms with Crippen molar-refractivity contribution in [2.24, 2.45) is 5.73 Å². The molecule has 28 heavy (non-hydrogen) atoms. The quantitative estimate of drug-likeness (QED) is 0.789. The summed E-state index contributed by atoms with van der Waals surface area (Å²) >= 11 is 0. The Labute approximate surface area is 167 Å². The molecule has 7 heteroatoms. The lowest BCUT2D eigenvalue weighted by atomic mass is 9.86. The zero-order chi connectivity index (χ0) is 20.1. The van der Waals surface area contributed by atoms with Crippen LogP contribution in [0, 0.1) is 0 Å². The molecule has 2 N–H and O–H groups in total. The van der Waals surface area contributed by atoms with E-state index in [0.29, 0.717) is 12.2 Å². The first kappa shape index (κ1) is 20.6. The Balaban J connectivity index is 1.67. The number of ether oxygens (including phenoxy) is 1. The number of likely N-dealkylation sites (N-methyl/N-ethyl adjacent to an activating group) is 1. The van der Waals surface area contributed by atoms with E-state index < -0.39 is 5.91 Å². The van der Waals surface area contributed by atoms with Gasteiger partial charge in [-0.15, -0.1) is 0 Å². The molecule has 0 aromatic heterocycles. The smallest absolute Gasteiger partial charge is 0.255 e. The molecule has 0 aliphatic carbocycles. The summed E-state index contributed by atoms with van der Waals surface area (Å²) in [5.41, 5.74) is 6.37. The first-order chi connectivity index (χ1) is 13.4. The van der Waals surface area contributed by atoms with Crippen molar-refractivity contribution in [3.63, 3.8) is 0 Å². The van der Waals surface area contributed by atoms with Crippen LogP contribution in [0.25, 0.3) is 0 Å². The minimum atomic E-state index is -0.476. The topological polar surface area (TPSA) is 79.1 Å². The fraction of sp³-hybridized carbons (Fsp3) is 0.619. The molecule has 1 aromatic carbocycles. The highest BCUT2D eigenvalue weighted by atomic mass is 16.5. The Bertz CT molecular complexity index is 711. The van der Waals surface area contributed by atoms with Crippen LogP contribution in [-0.2, 0) is 16.1 Å². The summed E-state index contributed by atoms with van der Waals surface area (Å²) in [4.78, 5) is 30.2. The Kier molecular flexibility index (Phi) is 6.57. The van der Waals surface area contributed by atoms with Crippen molar-refractivity contribution in [2.75, 3.05) is 46.4 Å². The lowest BCUT2D eigenvalue weighted by molar-refractivity contribution is -0.130. The summed E-state index contributed by atoms with van der Waals surface area (Å²) in [6.07, 6.45) is 2.56. The minimum Gasteiger partial charge on any atom is -0.484 e. The molecular formula is C21H32N4O3. The van der Waals surface area contributed by atoms with Gasteiger partial charge in [0.25, 0.3) is 5.91 Å². The Morgan fingerprint density at radius 1 is 1.25 bits per heavy atom. The number of rotatable bonds is 6. The van der Waals surface area contributed by atoms with Crippen LogP contribution < -0.4 is 10.5 Å². The zero-order valence-electron chi connectivity index (χ0n) is 17.0. The van der Waals surface area contributed by atoms with E-state index in [-0.39, 0.29) is 18.1 Å². The number of nitrogens with two attached hydrogens (primary N) is 1. The van der Waals surface area contributed by atoms with Crippen LogP contribution in [0.2, 0.25) is 0 Å². The van der Waals surface area contributed by atoms with Crippen molar-refractivity contribution in [1.82, 2.24) is 14.7 Å². The van der Waals surface area contributed by atoms with Crippen molar-refractivity contribution in [1.29, 1.82) is 0 Å². The van der Waals surface area contributed by atoms with Crippen molar-refractivity contribution in [3.05, 3.63) is 29.8 Å². The molecule has 7 nitrogen and oxygen atoms in total. The lowest BCUT2D eigenvalue weighted by Gasteiger charge is -2.49. The number of carbonyl (C=O) groups is 2. The summed E-state index contributed by atoms with van der Waals surface area (Å²) in [5.74, 6) is 0.471. The highest BCUT2D eigenvalue weighted by Crippen LogP contribution is 2.32. The van der Waals surface area contributed by atoms with Crippen LogP contribution in [0.4, 0.5) is 0 Å². The number of hydrogen-bond donors (Lipinski definition) is 1. The number of amides is 2. The molecule has 2 aliphatic rings. The predicted molar refractivity (Wildman–Crippen MR) is 108 cm³/mol. The van der Waals surface area contributed by atoms with Crippen LogP contribution in [-0.4, -0.2) is 78.4 Å². The van der Waals surface area contributed by atoms with E-state index >= 15 is 0 Å². The van der Waals surface area contributed by atoms with E-state index in [0.717, 1.165) is 57.7 Å². The first-order valence-electron chi connectivity index (χ1n) is 10.1. The lowest BCUT2D eigenvalue weighted by Crippen LogP contribution is -2.60. The van der Waals surface area contributed by atoms with Gasteiger partial charge in [-0.1, -0.05) is 12.1 Å². The summed E-state index contributed by atoms with van der Waals surface area (Å²) < 4.78 is 5.43. The number of carbonyl (C=O) groups excluding carboxylic acids is 2. The van der Waals surface area contributed by atoms with Crippen LogP contribution >= 0.6 is 0 Å². The third-order valence-electron chi connectivity index (χ3n) is 6.15. The van der Waals surface area contributed by atoms with Gasteiger partial charge in [0.1, 0.15) is 5.75 Å². The zero-order valence-corrected chi connectivity index (χ0v) is 17.0. The second-order valence-corrected chi connectivity index (χ2v) is 7.98. The van der Waals surface area contributed by atoms with Gasteiger partial charge >= 0.3 is 0 Å². The van der Waals surface area contributed by atoms with Gasteiger partial charge in [-0.2, -0.15) is 0 Å². The van der Waals surface area contributed by atoms with E-state index in [1.54, 1.807) is 0 Å². The maximum atomic E-state index is 12.3. The largest absolute Gasteiger partial charge is 0.484 e. The van der Waals surface area contributed by atoms with Crippen molar-refractivity contribution in [2.45, 2.75) is 38.3 Å². The molecule has 2 heterocycles. The van der Waals surface area contributed by atoms with Gasteiger partial charge in [-0.3, -0.25) is 19.4 Å². The minimum absolute atomic E-state index is 0.0535. The highest BCUT2D eigenvalue weighted by Gasteiger charge is 2.41. The number of benzene rings is 1. The van der Waals surface area contributed by atoms with E-state index in [4.69, 9.17) is 10.5 Å². The monoisotopic (exact) mass is 388 g/mol. The van der Waals surface area contributed by atoms with Crippen LogP contribution in [0.5, 0.6) is 5.75 Å². The maximum Gasteiger partial charge on any atom is 0.255 e. The predicted octanol–water partition coefficient (Wildman–Crippen LogP) is 1.07. The summed E-state index contributed by atoms with van der Waals surface area (Å²) in [5, 5.41) is 0. The van der Waals surface area contributed by atoms with Crippen LogP contribution in [0.1, 0.15) is 31.7 Å². The fourth-order valence-corrected chi connectivity index (χ4v) is 4.39. The van der Waals surface area contributed by atoms with Gasteiger partial charge in [0.15, 0.2) is 6.61 Å². The molecule has 2 saturated heterocycles. The highest BCUT2D eigenvalue weighted by molar-refractivity contribution is 5.76. The van der Waals surface area contributed by atoms with Gasteiger partial charge in [0, 0.05) is 51.2 Å². The van der Waals surface area contributed by atoms with E-state index in [9.17, 15) is 9.59 Å². The molecule has 1 spiro atoms. The molecule has 0 unspecified atom stereocenters. The molecule has 2 aliphatic heterocycles. The fourth-order valence-electron chi connectivity index (χ4n) is 4.39. The van der Waals surface area contributed by atoms with E-state index in [1.807, 2.05) is 23.1 Å². The first-order valence-corrected chi connectivity index (χ1v) is 10.1. The standard InChI is InChI=1S/C21H32N4O3/c1-3-25-10-9-21(8-7-20(25)27)16-24(12-11-23(21)2)14-17-5-4-6-18(13-17)28-15-19(22)26/h4-6,13H,3,7-12,14-16H2,1-2H3,(H2,22,26)/t21-/m1/s1. The Morgan fingerprint density at radius 2 is 2.07 bits per heavy atom. The molecule has 1 aromatic rings. The molecule has 0 bridgehead atoms. The second-order valence-electron chi connectivity index (χ2n) is 7.98. The van der Waals surface area contributed by atoms with Crippen molar-refractivity contribution < 1.29 is 14.3 Å². The third kappa shape index (κ3) is 4.83. The number of likely N-dealkylation sites (tertiary alicyclic amines) is 1. The molecule has 2 amide bonds. The Morgan fingerprint density at radius 3 is 2.82 bits per heavy atom. The summed E-state index contributed by atoms with van der Waals surface area (Å²) in [6.45, 7) is 7.36. The molecule has 0 saturated carbocycles. The van der Waals surface area contributed by atoms with Crippen LogP contribution in [0.3, 0.4) is 0 Å². The molecule has 154 valence electrons. The number of hydrogen-bond acceptors (Lipinski definition) is 5. The Hall–Kier alpha value is -2.12. The van der Waals surface area contributed by atoms with Crippen molar-refractivity contribution in [3.8, 4) is 5.75 Å². The van der Waals surface area contributed by atoms with Crippen LogP contribution in [0.15, 0.2) is 24.3 Å². The number of piperazine rings is 1. The molecule has 1 atom stereocenters. The third-order valence-corrected chi connectivity index (χ3v) is 6.15. The normalized spacial score (nSPS) is 24.4. The van der Waals surface area contributed by atoms with Gasteiger partial charge in [-0.05, 0) is 44.5 Å². The maximum absolute atomic E-state index is 12.3. The van der Waals surface area contributed by atoms with Crippen molar-refractivity contribution >= 4 is 11.8 Å². The van der Waals surface area contributed by atoms with Gasteiger partial charge < -0.3 is 15.4 Å². The van der Waals surface area contributed by atoms with Gasteiger partial charge in [0.05, 0.1) is 0 Å². The SMILES string of the molecule is CCN1CC[C@]2(CCC1=O)CN(Cc1cccc(OCC(N)=O)c1)CCN2C. The summed E-state index contributed by atoms with van der Waals surface area (Å²) in [7, 11) is 2.20. The van der Waals surface area contributed by atoms with Gasteiger partial charge in [-0.25, -0.2) is 0 Å². The van der Waals surface area contributed by atoms with Gasteiger partial charge in [0.2, 0.25) is 5.91 Å². The number of nitrogens with zero attached hydrogens (tertiary/aromatic N) is 3.